The molecule has 0 spiro atoms. The fraction of sp³-hybridized carbons (Fsp3) is 0.118. The second-order valence-electron chi connectivity index (χ2n) is 4.90. The fourth-order valence-electron chi connectivity index (χ4n) is 2.19. The Labute approximate surface area is 123 Å². The Balaban J connectivity index is 1.70. The molecule has 0 fully saturated rings. The highest BCUT2D eigenvalue weighted by Gasteiger charge is 2.03. The summed E-state index contributed by atoms with van der Waals surface area (Å²) in [6.07, 6.45) is 5.43. The van der Waals surface area contributed by atoms with E-state index in [0.29, 0.717) is 12.1 Å². The predicted octanol–water partition coefficient (Wildman–Crippen LogP) is 3.93. The summed E-state index contributed by atoms with van der Waals surface area (Å²) in [5.41, 5.74) is 3.68. The molecule has 0 aliphatic heterocycles. The van der Waals surface area contributed by atoms with Gasteiger partial charge in [-0.2, -0.15) is 0 Å². The molecule has 106 valence electrons. The number of nitrogens with zero attached hydrogens (tertiary/aromatic N) is 2. The molecule has 3 nitrogen and oxygen atoms in total. The van der Waals surface area contributed by atoms with Crippen LogP contribution in [0.25, 0.3) is 5.69 Å². The first-order valence-electron chi connectivity index (χ1n) is 6.80. The second-order valence-corrected chi connectivity index (χ2v) is 4.90. The molecule has 2 aromatic carbocycles. The van der Waals surface area contributed by atoms with Crippen LogP contribution in [0.3, 0.4) is 0 Å². The molecular weight excluding hydrogens is 265 g/mol. The van der Waals surface area contributed by atoms with Crippen LogP contribution in [-0.4, -0.2) is 9.55 Å². The summed E-state index contributed by atoms with van der Waals surface area (Å²) in [5, 5.41) is 3.27. The molecule has 0 aliphatic rings. The van der Waals surface area contributed by atoms with Crippen LogP contribution in [0.2, 0.25) is 0 Å². The lowest BCUT2D eigenvalue weighted by Crippen LogP contribution is -2.02. The van der Waals surface area contributed by atoms with Crippen LogP contribution in [0.5, 0.6) is 0 Å². The van der Waals surface area contributed by atoms with Crippen molar-refractivity contribution in [1.82, 2.24) is 9.55 Å². The van der Waals surface area contributed by atoms with Gasteiger partial charge in [-0.25, -0.2) is 9.37 Å². The minimum atomic E-state index is -0.185. The molecular formula is C17H16FN3. The maximum atomic E-state index is 13.5. The van der Waals surface area contributed by atoms with Gasteiger partial charge in [0.1, 0.15) is 5.82 Å². The highest BCUT2D eigenvalue weighted by atomic mass is 19.1. The van der Waals surface area contributed by atoms with Crippen molar-refractivity contribution in [3.8, 4) is 5.69 Å². The average molecular weight is 281 g/mol. The van der Waals surface area contributed by atoms with Gasteiger partial charge in [0.15, 0.2) is 0 Å². The summed E-state index contributed by atoms with van der Waals surface area (Å²) in [4.78, 5) is 4.03. The van der Waals surface area contributed by atoms with Gasteiger partial charge in [0.25, 0.3) is 0 Å². The molecule has 0 unspecified atom stereocenters. The molecule has 4 heteroatoms. The van der Waals surface area contributed by atoms with Gasteiger partial charge in [0.2, 0.25) is 0 Å². The third kappa shape index (κ3) is 2.94. The van der Waals surface area contributed by atoms with Crippen LogP contribution in [0.4, 0.5) is 10.1 Å². The predicted molar refractivity (Wildman–Crippen MR) is 82.0 cm³/mol. The first-order chi connectivity index (χ1) is 10.2. The minimum absolute atomic E-state index is 0.185. The monoisotopic (exact) mass is 281 g/mol. The summed E-state index contributed by atoms with van der Waals surface area (Å²) in [5.74, 6) is -0.185. The van der Waals surface area contributed by atoms with Crippen LogP contribution in [0.15, 0.2) is 61.2 Å². The van der Waals surface area contributed by atoms with Gasteiger partial charge in [-0.3, -0.25) is 0 Å². The molecule has 0 atom stereocenters. The number of hydrogen-bond donors (Lipinski definition) is 1. The lowest BCUT2D eigenvalue weighted by Gasteiger charge is -2.10. The van der Waals surface area contributed by atoms with Crippen molar-refractivity contribution in [2.45, 2.75) is 13.5 Å². The molecule has 0 saturated carbocycles. The van der Waals surface area contributed by atoms with Crippen molar-refractivity contribution >= 4 is 5.69 Å². The third-order valence-corrected chi connectivity index (χ3v) is 3.49. The average Bonchev–Trinajstić information content (AvgIpc) is 3.04. The van der Waals surface area contributed by atoms with E-state index >= 15 is 0 Å². The lowest BCUT2D eigenvalue weighted by atomic mass is 10.1. The van der Waals surface area contributed by atoms with Gasteiger partial charge in [-0.15, -0.1) is 0 Å². The lowest BCUT2D eigenvalue weighted by molar-refractivity contribution is 0.619. The molecule has 1 heterocycles. The van der Waals surface area contributed by atoms with Crippen molar-refractivity contribution in [3.05, 3.63) is 78.1 Å². The van der Waals surface area contributed by atoms with Crippen molar-refractivity contribution in [3.63, 3.8) is 0 Å². The van der Waals surface area contributed by atoms with E-state index in [1.807, 2.05) is 29.0 Å². The third-order valence-electron chi connectivity index (χ3n) is 3.49. The highest BCUT2D eigenvalue weighted by Crippen LogP contribution is 2.18. The zero-order chi connectivity index (χ0) is 14.7. The standard InChI is InChI=1S/C17H16FN3/c1-13-16(18)3-2-4-17(13)20-11-14-5-7-15(8-6-14)21-10-9-19-12-21/h2-10,12,20H,11H2,1H3. The van der Waals surface area contributed by atoms with Gasteiger partial charge in [0, 0.05) is 35.9 Å². The Morgan fingerprint density at radius 2 is 1.95 bits per heavy atom. The Bertz CT molecular complexity index is 718. The Hall–Kier alpha value is -2.62. The van der Waals surface area contributed by atoms with Crippen molar-refractivity contribution in [2.24, 2.45) is 0 Å². The number of halogens is 1. The van der Waals surface area contributed by atoms with Gasteiger partial charge < -0.3 is 9.88 Å². The van der Waals surface area contributed by atoms with E-state index in [-0.39, 0.29) is 5.82 Å². The van der Waals surface area contributed by atoms with Crippen LogP contribution in [0.1, 0.15) is 11.1 Å². The fourth-order valence-corrected chi connectivity index (χ4v) is 2.19. The largest absolute Gasteiger partial charge is 0.381 e. The summed E-state index contributed by atoms with van der Waals surface area (Å²) in [6, 6.07) is 13.3. The Kier molecular flexibility index (Phi) is 3.69. The van der Waals surface area contributed by atoms with E-state index in [9.17, 15) is 4.39 Å². The molecule has 3 aromatic rings. The number of anilines is 1. The SMILES string of the molecule is Cc1c(F)cccc1NCc1ccc(-n2ccnc2)cc1. The summed E-state index contributed by atoms with van der Waals surface area (Å²) >= 11 is 0. The molecule has 3 rings (SSSR count). The van der Waals surface area contributed by atoms with Crippen molar-refractivity contribution in [1.29, 1.82) is 0 Å². The van der Waals surface area contributed by atoms with E-state index in [1.54, 1.807) is 25.5 Å². The molecule has 0 radical (unpaired) electrons. The number of nitrogens with one attached hydrogen (secondary N) is 1. The smallest absolute Gasteiger partial charge is 0.128 e. The van der Waals surface area contributed by atoms with Gasteiger partial charge in [-0.1, -0.05) is 18.2 Å². The normalized spacial score (nSPS) is 10.6. The van der Waals surface area contributed by atoms with Crippen LogP contribution in [-0.2, 0) is 6.54 Å². The topological polar surface area (TPSA) is 29.9 Å². The van der Waals surface area contributed by atoms with E-state index in [4.69, 9.17) is 0 Å². The van der Waals surface area contributed by atoms with E-state index in [2.05, 4.69) is 22.4 Å². The van der Waals surface area contributed by atoms with E-state index in [0.717, 1.165) is 16.9 Å². The first-order valence-corrected chi connectivity index (χ1v) is 6.80. The number of aromatic nitrogens is 2. The zero-order valence-electron chi connectivity index (χ0n) is 11.8. The van der Waals surface area contributed by atoms with Crippen LogP contribution in [0, 0.1) is 12.7 Å². The quantitative estimate of drug-likeness (QED) is 0.785. The number of benzene rings is 2. The molecule has 1 aromatic heterocycles. The van der Waals surface area contributed by atoms with E-state index < -0.39 is 0 Å². The van der Waals surface area contributed by atoms with Crippen molar-refractivity contribution < 1.29 is 4.39 Å². The van der Waals surface area contributed by atoms with Gasteiger partial charge in [-0.05, 0) is 36.8 Å². The maximum absolute atomic E-state index is 13.5. The first kappa shape index (κ1) is 13.4. The van der Waals surface area contributed by atoms with Crippen LogP contribution < -0.4 is 5.32 Å². The van der Waals surface area contributed by atoms with Crippen molar-refractivity contribution in [2.75, 3.05) is 5.32 Å². The van der Waals surface area contributed by atoms with Crippen LogP contribution >= 0.6 is 0 Å². The number of imidazole rings is 1. The highest BCUT2D eigenvalue weighted by molar-refractivity contribution is 5.51. The second kappa shape index (κ2) is 5.79. The Morgan fingerprint density at radius 1 is 1.14 bits per heavy atom. The molecule has 1 N–H and O–H groups in total. The Morgan fingerprint density at radius 3 is 2.67 bits per heavy atom. The molecule has 0 amide bonds. The summed E-state index contributed by atoms with van der Waals surface area (Å²) in [7, 11) is 0. The van der Waals surface area contributed by atoms with E-state index in [1.165, 1.54) is 6.07 Å². The molecule has 21 heavy (non-hydrogen) atoms. The number of hydrogen-bond acceptors (Lipinski definition) is 2. The minimum Gasteiger partial charge on any atom is -0.381 e. The summed E-state index contributed by atoms with van der Waals surface area (Å²) < 4.78 is 15.4. The summed E-state index contributed by atoms with van der Waals surface area (Å²) in [6.45, 7) is 2.44. The molecule has 0 bridgehead atoms. The molecule has 0 aliphatic carbocycles. The van der Waals surface area contributed by atoms with Gasteiger partial charge in [0.05, 0.1) is 6.33 Å². The maximum Gasteiger partial charge on any atom is 0.128 e. The van der Waals surface area contributed by atoms with Gasteiger partial charge >= 0.3 is 0 Å². The number of rotatable bonds is 4. The zero-order valence-corrected chi connectivity index (χ0v) is 11.8. The molecule has 0 saturated heterocycles.